The monoisotopic (exact) mass is 292 g/mol. The van der Waals surface area contributed by atoms with Crippen LogP contribution in [0.2, 0.25) is 5.02 Å². The average molecular weight is 293 g/mol. The van der Waals surface area contributed by atoms with E-state index in [1.54, 1.807) is 0 Å². The molecule has 0 aliphatic carbocycles. The van der Waals surface area contributed by atoms with Crippen molar-refractivity contribution in [3.05, 3.63) is 34.9 Å². The maximum Gasteiger partial charge on any atom is 0.173 e. The summed E-state index contributed by atoms with van der Waals surface area (Å²) in [6, 6.07) is 7.62. The zero-order chi connectivity index (χ0) is 14.5. The highest BCUT2D eigenvalue weighted by Gasteiger charge is 2.23. The summed E-state index contributed by atoms with van der Waals surface area (Å²) < 4.78 is 0. The highest BCUT2D eigenvalue weighted by Crippen LogP contribution is 2.15. The molecule has 5 nitrogen and oxygen atoms in total. The minimum Gasteiger partial charge on any atom is -0.410 e. The molecule has 1 aliphatic heterocycles. The van der Waals surface area contributed by atoms with Crippen molar-refractivity contribution in [2.75, 3.05) is 6.54 Å². The molecule has 1 aromatic rings. The van der Waals surface area contributed by atoms with Crippen LogP contribution in [-0.2, 0) is 6.54 Å². The van der Waals surface area contributed by atoms with Gasteiger partial charge in [0.25, 0.3) is 0 Å². The highest BCUT2D eigenvalue weighted by atomic mass is 35.5. The van der Waals surface area contributed by atoms with Crippen LogP contribution in [0, 0.1) is 5.41 Å². The van der Waals surface area contributed by atoms with Gasteiger partial charge in [-0.2, -0.15) is 0 Å². The zero-order valence-corrected chi connectivity index (χ0v) is 12.1. The summed E-state index contributed by atoms with van der Waals surface area (Å²) in [4.78, 5) is 6.26. The number of nitrogens with zero attached hydrogens (tertiary/aromatic N) is 3. The Kier molecular flexibility index (Phi) is 4.74. The summed E-state index contributed by atoms with van der Waals surface area (Å²) >= 11 is 5.88. The molecule has 2 rings (SSSR count). The van der Waals surface area contributed by atoms with Gasteiger partial charge >= 0.3 is 0 Å². The summed E-state index contributed by atoms with van der Waals surface area (Å²) in [5.41, 5.74) is 1.39. The maximum absolute atomic E-state index is 8.93. The number of oxime groups is 1. The van der Waals surface area contributed by atoms with Crippen molar-refractivity contribution < 1.29 is 5.21 Å². The number of aliphatic imine (C=N–C) groups is 1. The third-order valence-corrected chi connectivity index (χ3v) is 3.35. The van der Waals surface area contributed by atoms with Crippen molar-refractivity contribution in [1.82, 2.24) is 4.90 Å². The SMILES string of the molecule is CCCC1=NC(=N)C(=NO)CN1Cc1ccc(Cl)cc1. The van der Waals surface area contributed by atoms with Crippen molar-refractivity contribution >= 4 is 29.0 Å². The predicted molar refractivity (Wildman–Crippen MR) is 81.2 cm³/mol. The molecule has 1 aromatic carbocycles. The first-order valence-electron chi connectivity index (χ1n) is 6.50. The van der Waals surface area contributed by atoms with E-state index in [4.69, 9.17) is 22.2 Å². The number of amidine groups is 2. The van der Waals surface area contributed by atoms with Crippen LogP contribution in [0.4, 0.5) is 0 Å². The van der Waals surface area contributed by atoms with E-state index >= 15 is 0 Å². The number of benzene rings is 1. The van der Waals surface area contributed by atoms with Gasteiger partial charge in [0.2, 0.25) is 0 Å². The third-order valence-electron chi connectivity index (χ3n) is 3.10. The first-order valence-corrected chi connectivity index (χ1v) is 6.88. The molecule has 0 aromatic heterocycles. The van der Waals surface area contributed by atoms with Crippen LogP contribution >= 0.6 is 11.6 Å². The Labute approximate surface area is 123 Å². The molecule has 20 heavy (non-hydrogen) atoms. The fourth-order valence-corrected chi connectivity index (χ4v) is 2.21. The van der Waals surface area contributed by atoms with Crippen molar-refractivity contribution in [3.63, 3.8) is 0 Å². The second kappa shape index (κ2) is 6.52. The first kappa shape index (κ1) is 14.5. The molecule has 0 unspecified atom stereocenters. The maximum atomic E-state index is 8.93. The Morgan fingerprint density at radius 3 is 2.70 bits per heavy atom. The summed E-state index contributed by atoms with van der Waals surface area (Å²) in [7, 11) is 0. The van der Waals surface area contributed by atoms with E-state index in [1.165, 1.54) is 0 Å². The van der Waals surface area contributed by atoms with E-state index in [-0.39, 0.29) is 5.84 Å². The summed E-state index contributed by atoms with van der Waals surface area (Å²) in [6.45, 7) is 3.13. The molecule has 1 heterocycles. The molecule has 6 heteroatoms. The second-order valence-electron chi connectivity index (χ2n) is 4.66. The lowest BCUT2D eigenvalue weighted by atomic mass is 10.1. The van der Waals surface area contributed by atoms with Gasteiger partial charge in [-0.05, 0) is 24.1 Å². The van der Waals surface area contributed by atoms with Crippen molar-refractivity contribution in [3.8, 4) is 0 Å². The molecule has 0 bridgehead atoms. The number of rotatable bonds is 4. The van der Waals surface area contributed by atoms with E-state index in [2.05, 4.69) is 17.1 Å². The van der Waals surface area contributed by atoms with Crippen LogP contribution in [0.1, 0.15) is 25.3 Å². The number of nitrogens with one attached hydrogen (secondary N) is 1. The molecule has 0 amide bonds. The van der Waals surface area contributed by atoms with Crippen molar-refractivity contribution in [1.29, 1.82) is 5.41 Å². The fraction of sp³-hybridized carbons (Fsp3) is 0.357. The van der Waals surface area contributed by atoms with Gasteiger partial charge in [0.1, 0.15) is 11.5 Å². The lowest BCUT2D eigenvalue weighted by molar-refractivity contribution is 0.315. The molecule has 0 saturated heterocycles. The minimum atomic E-state index is 0.0447. The molecule has 2 N–H and O–H groups in total. The summed E-state index contributed by atoms with van der Waals surface area (Å²) in [5, 5.41) is 20.5. The van der Waals surface area contributed by atoms with E-state index in [1.807, 2.05) is 29.2 Å². The Morgan fingerprint density at radius 1 is 1.40 bits per heavy atom. The lowest BCUT2D eigenvalue weighted by Crippen LogP contribution is -2.42. The van der Waals surface area contributed by atoms with E-state index in [9.17, 15) is 0 Å². The molecule has 0 saturated carbocycles. The fourth-order valence-electron chi connectivity index (χ4n) is 2.09. The van der Waals surface area contributed by atoms with E-state index in [0.717, 1.165) is 24.2 Å². The topological polar surface area (TPSA) is 72.0 Å². The Bertz CT molecular complexity index is 551. The highest BCUT2D eigenvalue weighted by molar-refractivity contribution is 6.44. The van der Waals surface area contributed by atoms with Gasteiger partial charge in [0, 0.05) is 18.0 Å². The smallest absolute Gasteiger partial charge is 0.173 e. The first-order chi connectivity index (χ1) is 9.63. The van der Waals surface area contributed by atoms with Crippen LogP contribution in [0.3, 0.4) is 0 Å². The zero-order valence-electron chi connectivity index (χ0n) is 11.3. The average Bonchev–Trinajstić information content (AvgIpc) is 2.44. The molecule has 0 spiro atoms. The largest absolute Gasteiger partial charge is 0.410 e. The van der Waals surface area contributed by atoms with Crippen LogP contribution in [-0.4, -0.2) is 34.0 Å². The second-order valence-corrected chi connectivity index (χ2v) is 5.09. The quantitative estimate of drug-likeness (QED) is 0.661. The molecular weight excluding hydrogens is 276 g/mol. The van der Waals surface area contributed by atoms with Crippen LogP contribution in [0.5, 0.6) is 0 Å². The molecular formula is C14H17ClN4O. The van der Waals surface area contributed by atoms with Gasteiger partial charge in [0.15, 0.2) is 5.84 Å². The van der Waals surface area contributed by atoms with Gasteiger partial charge in [-0.15, -0.1) is 0 Å². The Hall–Kier alpha value is -1.88. The van der Waals surface area contributed by atoms with Crippen LogP contribution in [0.25, 0.3) is 0 Å². The Morgan fingerprint density at radius 2 is 2.10 bits per heavy atom. The summed E-state index contributed by atoms with van der Waals surface area (Å²) in [5.74, 6) is 0.906. The normalized spacial score (nSPS) is 17.5. The number of halogens is 1. The van der Waals surface area contributed by atoms with Gasteiger partial charge in [-0.25, -0.2) is 4.99 Å². The van der Waals surface area contributed by atoms with E-state index in [0.29, 0.717) is 23.8 Å². The molecule has 106 valence electrons. The van der Waals surface area contributed by atoms with Crippen molar-refractivity contribution in [2.45, 2.75) is 26.3 Å². The standard InChI is InChI=1S/C14H17ClN4O/c1-2-3-13-17-14(16)12(18-20)9-19(13)8-10-4-6-11(15)7-5-10/h4-7,16,20H,2-3,8-9H2,1H3. The predicted octanol–water partition coefficient (Wildman–Crippen LogP) is 3.16. The molecule has 0 fully saturated rings. The summed E-state index contributed by atoms with van der Waals surface area (Å²) in [6.07, 6.45) is 1.75. The van der Waals surface area contributed by atoms with Gasteiger partial charge in [-0.1, -0.05) is 35.8 Å². The number of hydrogen-bond donors (Lipinski definition) is 2. The van der Waals surface area contributed by atoms with Crippen molar-refractivity contribution in [2.24, 2.45) is 10.1 Å². The van der Waals surface area contributed by atoms with E-state index < -0.39 is 0 Å². The van der Waals surface area contributed by atoms with Crippen LogP contribution in [0.15, 0.2) is 34.4 Å². The Balaban J connectivity index is 2.21. The molecule has 1 aliphatic rings. The molecule has 0 radical (unpaired) electrons. The van der Waals surface area contributed by atoms with Gasteiger partial charge in [0.05, 0.1) is 6.54 Å². The minimum absolute atomic E-state index is 0.0447. The van der Waals surface area contributed by atoms with Gasteiger partial charge < -0.3 is 10.1 Å². The van der Waals surface area contributed by atoms with Gasteiger partial charge in [-0.3, -0.25) is 5.41 Å². The third kappa shape index (κ3) is 3.36. The van der Waals surface area contributed by atoms with Crippen LogP contribution < -0.4 is 0 Å². The number of hydrogen-bond acceptors (Lipinski definition) is 4. The molecule has 0 atom stereocenters. The lowest BCUT2D eigenvalue weighted by Gasteiger charge is -2.29.